The van der Waals surface area contributed by atoms with Gasteiger partial charge in [-0.1, -0.05) is 59.8 Å². The molecule has 3 N–H and O–H groups in total. The van der Waals surface area contributed by atoms with Gasteiger partial charge in [-0.25, -0.2) is 5.43 Å². The topological polar surface area (TPSA) is 104 Å². The van der Waals surface area contributed by atoms with E-state index in [1.807, 2.05) is 72.2 Å². The maximum atomic E-state index is 12.5. The van der Waals surface area contributed by atoms with E-state index in [-0.39, 0.29) is 17.4 Å². The van der Waals surface area contributed by atoms with Gasteiger partial charge in [0.1, 0.15) is 5.75 Å². The number of benzene rings is 3. The Morgan fingerprint density at radius 1 is 1.16 bits per heavy atom. The van der Waals surface area contributed by atoms with E-state index in [0.29, 0.717) is 34.5 Å². The molecule has 4 aromatic rings. The summed E-state index contributed by atoms with van der Waals surface area (Å²) in [6.45, 7) is 6.10. The summed E-state index contributed by atoms with van der Waals surface area (Å²) in [5, 5.41) is 27.7. The maximum absolute atomic E-state index is 12.5. The monoisotopic (exact) mass is 546 g/mol. The second kappa shape index (κ2) is 12.9. The zero-order valence-corrected chi connectivity index (χ0v) is 22.3. The van der Waals surface area contributed by atoms with E-state index in [9.17, 15) is 9.90 Å². The summed E-state index contributed by atoms with van der Waals surface area (Å²) in [6.07, 6.45) is 3.66. The van der Waals surface area contributed by atoms with Crippen molar-refractivity contribution in [3.63, 3.8) is 0 Å². The van der Waals surface area contributed by atoms with Crippen LogP contribution in [0.3, 0.4) is 0 Å². The molecule has 194 valence electrons. The molecule has 0 aliphatic heterocycles. The number of nitrogens with one attached hydrogen (secondary N) is 2. The van der Waals surface area contributed by atoms with Crippen molar-refractivity contribution in [3.05, 3.63) is 107 Å². The zero-order chi connectivity index (χ0) is 26.9. The van der Waals surface area contributed by atoms with Crippen LogP contribution in [0.1, 0.15) is 22.5 Å². The van der Waals surface area contributed by atoms with Crippen LogP contribution in [0.2, 0.25) is 5.02 Å². The van der Waals surface area contributed by atoms with Gasteiger partial charge in [-0.2, -0.15) is 5.10 Å². The number of hydrogen-bond acceptors (Lipinski definition) is 7. The summed E-state index contributed by atoms with van der Waals surface area (Å²) in [4.78, 5) is 12.5. The largest absolute Gasteiger partial charge is 0.507 e. The van der Waals surface area contributed by atoms with Gasteiger partial charge in [0.25, 0.3) is 5.91 Å². The fourth-order valence-electron chi connectivity index (χ4n) is 3.72. The molecule has 0 saturated heterocycles. The van der Waals surface area contributed by atoms with E-state index < -0.39 is 0 Å². The molecule has 1 heterocycles. The minimum absolute atomic E-state index is 0.0779. The Hall–Kier alpha value is -4.08. The van der Waals surface area contributed by atoms with Crippen LogP contribution in [0.5, 0.6) is 5.75 Å². The predicted octanol–water partition coefficient (Wildman–Crippen LogP) is 5.52. The summed E-state index contributed by atoms with van der Waals surface area (Å²) in [5.74, 6) is 0.577. The number of carbonyl (C=O) groups excluding carboxylic acids is 1. The average Bonchev–Trinajstić information content (AvgIpc) is 3.32. The molecule has 0 atom stereocenters. The molecule has 0 spiro atoms. The van der Waals surface area contributed by atoms with Gasteiger partial charge in [-0.05, 0) is 60.9 Å². The van der Waals surface area contributed by atoms with Crippen molar-refractivity contribution in [3.8, 4) is 11.4 Å². The number of hydrazone groups is 1. The number of aromatic nitrogens is 3. The summed E-state index contributed by atoms with van der Waals surface area (Å²) < 4.78 is 1.92. The molecule has 38 heavy (non-hydrogen) atoms. The smallest absolute Gasteiger partial charge is 0.250 e. The van der Waals surface area contributed by atoms with Crippen molar-refractivity contribution in [2.45, 2.75) is 25.0 Å². The third-order valence-electron chi connectivity index (χ3n) is 5.58. The first-order chi connectivity index (χ1) is 18.5. The van der Waals surface area contributed by atoms with Crippen LogP contribution in [0, 0.1) is 6.92 Å². The van der Waals surface area contributed by atoms with E-state index in [1.54, 1.807) is 12.1 Å². The van der Waals surface area contributed by atoms with E-state index >= 15 is 0 Å². The maximum Gasteiger partial charge on any atom is 0.250 e. The minimum atomic E-state index is -0.313. The number of phenols is 1. The second-order valence-electron chi connectivity index (χ2n) is 8.31. The fourth-order valence-corrected chi connectivity index (χ4v) is 4.71. The Morgan fingerprint density at radius 3 is 2.74 bits per heavy atom. The van der Waals surface area contributed by atoms with E-state index in [4.69, 9.17) is 11.6 Å². The molecule has 1 amide bonds. The molecular weight excluding hydrogens is 520 g/mol. The van der Waals surface area contributed by atoms with Crippen LogP contribution >= 0.6 is 23.4 Å². The molecule has 0 saturated carbocycles. The third kappa shape index (κ3) is 6.81. The number of allylic oxidation sites excluding steroid dienone is 1. The molecule has 0 aliphatic carbocycles. The highest BCUT2D eigenvalue weighted by atomic mass is 35.5. The Kier molecular flexibility index (Phi) is 9.18. The molecule has 1 aromatic heterocycles. The number of amides is 1. The first-order valence-corrected chi connectivity index (χ1v) is 13.2. The number of thioether (sulfide) groups is 1. The summed E-state index contributed by atoms with van der Waals surface area (Å²) in [6, 6.07) is 20.7. The van der Waals surface area contributed by atoms with Crippen LogP contribution in [-0.4, -0.2) is 37.7 Å². The fraction of sp³-hybridized carbons (Fsp3) is 0.143. The number of para-hydroxylation sites is 2. The lowest BCUT2D eigenvalue weighted by atomic mass is 10.1. The first-order valence-electron chi connectivity index (χ1n) is 11.8. The summed E-state index contributed by atoms with van der Waals surface area (Å²) in [7, 11) is 0. The molecule has 3 aromatic carbocycles. The Balaban J connectivity index is 1.43. The first kappa shape index (κ1) is 27.0. The summed E-state index contributed by atoms with van der Waals surface area (Å²) in [5.41, 5.74) is 6.61. The number of nitrogens with zero attached hydrogens (tertiary/aromatic N) is 4. The molecule has 0 aliphatic rings. The second-order valence-corrected chi connectivity index (χ2v) is 9.69. The molecular formula is C28H27ClN6O2S. The molecule has 4 rings (SSSR count). The van der Waals surface area contributed by atoms with Crippen LogP contribution < -0.4 is 10.7 Å². The van der Waals surface area contributed by atoms with Crippen molar-refractivity contribution >= 4 is 41.2 Å². The van der Waals surface area contributed by atoms with Crippen molar-refractivity contribution in [1.29, 1.82) is 0 Å². The number of anilines is 1. The van der Waals surface area contributed by atoms with Crippen molar-refractivity contribution in [2.24, 2.45) is 5.10 Å². The number of rotatable bonds is 11. The Labute approximate surface area is 230 Å². The van der Waals surface area contributed by atoms with Gasteiger partial charge in [0, 0.05) is 22.0 Å². The van der Waals surface area contributed by atoms with E-state index in [1.165, 1.54) is 18.0 Å². The molecule has 0 fully saturated rings. The van der Waals surface area contributed by atoms with Crippen molar-refractivity contribution in [2.75, 3.05) is 11.1 Å². The average molecular weight is 547 g/mol. The third-order valence-corrected chi connectivity index (χ3v) is 6.74. The predicted molar refractivity (Wildman–Crippen MR) is 153 cm³/mol. The number of phenolic OH excluding ortho intramolecular Hbond substituents is 1. The van der Waals surface area contributed by atoms with Gasteiger partial charge in [-0.15, -0.1) is 16.8 Å². The van der Waals surface area contributed by atoms with Crippen LogP contribution in [0.4, 0.5) is 5.69 Å². The molecule has 8 nitrogen and oxygen atoms in total. The van der Waals surface area contributed by atoms with Crippen molar-refractivity contribution in [1.82, 2.24) is 20.2 Å². The van der Waals surface area contributed by atoms with Gasteiger partial charge in [0.05, 0.1) is 18.5 Å². The SMILES string of the molecule is C=CCc1cccc(/C=N\NC(=O)CSc2nnc(CNc3ccc(Cl)cc3C)n2-c2ccccc2)c1O. The highest BCUT2D eigenvalue weighted by Gasteiger charge is 2.16. The number of aryl methyl sites for hydroxylation is 1. The number of carbonyl (C=O) groups is 1. The summed E-state index contributed by atoms with van der Waals surface area (Å²) >= 11 is 7.33. The van der Waals surface area contributed by atoms with Crippen LogP contribution in [0.25, 0.3) is 5.69 Å². The number of aromatic hydroxyl groups is 1. The highest BCUT2D eigenvalue weighted by molar-refractivity contribution is 7.99. The van der Waals surface area contributed by atoms with Gasteiger partial charge < -0.3 is 10.4 Å². The lowest BCUT2D eigenvalue weighted by Crippen LogP contribution is -2.20. The normalized spacial score (nSPS) is 11.0. The van der Waals surface area contributed by atoms with E-state index in [2.05, 4.69) is 32.6 Å². The van der Waals surface area contributed by atoms with Gasteiger partial charge >= 0.3 is 0 Å². The Morgan fingerprint density at radius 2 is 1.97 bits per heavy atom. The quantitative estimate of drug-likeness (QED) is 0.0990. The van der Waals surface area contributed by atoms with E-state index in [0.717, 1.165) is 22.5 Å². The van der Waals surface area contributed by atoms with Gasteiger partial charge in [0.2, 0.25) is 0 Å². The van der Waals surface area contributed by atoms with Crippen LogP contribution in [-0.2, 0) is 17.8 Å². The van der Waals surface area contributed by atoms with Crippen molar-refractivity contribution < 1.29 is 9.90 Å². The highest BCUT2D eigenvalue weighted by Crippen LogP contribution is 2.25. The zero-order valence-electron chi connectivity index (χ0n) is 20.8. The standard InChI is InChI=1S/C28H27ClN6O2S/c1-3-8-20-9-7-10-21(27(20)37)16-31-33-26(36)18-38-28-34-32-25(35(28)23-11-5-4-6-12-23)17-30-24-14-13-22(29)15-19(24)2/h3-7,9-16,30,37H,1,8,17-18H2,2H3,(H,33,36)/b31-16-. The molecule has 0 radical (unpaired) electrons. The molecule has 0 unspecified atom stereocenters. The number of hydrogen-bond donors (Lipinski definition) is 3. The van der Waals surface area contributed by atoms with Crippen LogP contribution in [0.15, 0.2) is 89.6 Å². The Bertz CT molecular complexity index is 1460. The molecule has 0 bridgehead atoms. The molecule has 10 heteroatoms. The van der Waals surface area contributed by atoms with Gasteiger partial charge in [0.15, 0.2) is 11.0 Å². The number of halogens is 1. The minimum Gasteiger partial charge on any atom is -0.507 e. The lowest BCUT2D eigenvalue weighted by molar-refractivity contribution is -0.118. The lowest BCUT2D eigenvalue weighted by Gasteiger charge is -2.12. The van der Waals surface area contributed by atoms with Gasteiger partial charge in [-0.3, -0.25) is 9.36 Å².